The Balaban J connectivity index is 2.11. The van der Waals surface area contributed by atoms with Gasteiger partial charge in [0.2, 0.25) is 0 Å². The van der Waals surface area contributed by atoms with Crippen molar-refractivity contribution in [2.24, 2.45) is 0 Å². The molecule has 0 aromatic heterocycles. The van der Waals surface area contributed by atoms with E-state index in [9.17, 15) is 13.2 Å². The maximum absolute atomic E-state index is 11.8. The van der Waals surface area contributed by atoms with Crippen LogP contribution in [0.15, 0.2) is 0 Å². The third-order valence-electron chi connectivity index (χ3n) is 2.76. The predicted octanol–water partition coefficient (Wildman–Crippen LogP) is 2.33. The third kappa shape index (κ3) is 5.89. The van der Waals surface area contributed by atoms with Crippen LogP contribution in [0, 0.1) is 11.3 Å². The fourth-order valence-corrected chi connectivity index (χ4v) is 1.96. The van der Waals surface area contributed by atoms with E-state index in [0.29, 0.717) is 13.0 Å². The second-order valence-electron chi connectivity index (χ2n) is 4.20. The van der Waals surface area contributed by atoms with Gasteiger partial charge in [0.25, 0.3) is 0 Å². The van der Waals surface area contributed by atoms with Crippen molar-refractivity contribution in [3.8, 4) is 6.07 Å². The summed E-state index contributed by atoms with van der Waals surface area (Å²) in [7, 11) is 0. The van der Waals surface area contributed by atoms with Gasteiger partial charge in [-0.25, -0.2) is 0 Å². The first-order valence-corrected chi connectivity index (χ1v) is 5.81. The molecule has 1 atom stereocenters. The van der Waals surface area contributed by atoms with Crippen molar-refractivity contribution in [3.63, 3.8) is 0 Å². The fourth-order valence-electron chi connectivity index (χ4n) is 1.96. The molecule has 1 saturated heterocycles. The van der Waals surface area contributed by atoms with E-state index in [-0.39, 0.29) is 12.6 Å². The van der Waals surface area contributed by atoms with Crippen LogP contribution in [0.5, 0.6) is 0 Å². The van der Waals surface area contributed by atoms with Gasteiger partial charge >= 0.3 is 6.18 Å². The summed E-state index contributed by atoms with van der Waals surface area (Å²) in [5, 5.41) is 8.90. The minimum Gasteiger partial charge on any atom is -0.372 e. The monoisotopic (exact) mass is 250 g/mol. The number of rotatable bonds is 5. The van der Waals surface area contributed by atoms with Crippen LogP contribution >= 0.6 is 0 Å². The number of alkyl halides is 3. The van der Waals surface area contributed by atoms with Crippen molar-refractivity contribution in [2.45, 2.75) is 37.9 Å². The maximum atomic E-state index is 11.8. The van der Waals surface area contributed by atoms with E-state index in [1.807, 2.05) is 4.90 Å². The molecule has 17 heavy (non-hydrogen) atoms. The van der Waals surface area contributed by atoms with Crippen LogP contribution in [0.1, 0.15) is 25.7 Å². The molecular formula is C11H17F3N2O. The summed E-state index contributed by atoms with van der Waals surface area (Å²) in [4.78, 5) is 2.03. The quantitative estimate of drug-likeness (QED) is 0.703. The molecule has 1 rings (SSSR count). The molecule has 0 saturated carbocycles. The van der Waals surface area contributed by atoms with Crippen molar-refractivity contribution < 1.29 is 17.9 Å². The number of nitrogens with zero attached hydrogens (tertiary/aromatic N) is 2. The second kappa shape index (κ2) is 6.82. The number of nitriles is 1. The molecule has 1 aliphatic rings. The van der Waals surface area contributed by atoms with E-state index in [1.165, 1.54) is 0 Å². The van der Waals surface area contributed by atoms with Crippen molar-refractivity contribution in [1.82, 2.24) is 4.90 Å². The molecule has 98 valence electrons. The van der Waals surface area contributed by atoms with Crippen LogP contribution in [0.25, 0.3) is 0 Å². The molecule has 0 N–H and O–H groups in total. The molecule has 3 nitrogen and oxygen atoms in total. The van der Waals surface area contributed by atoms with Gasteiger partial charge in [-0.3, -0.25) is 4.90 Å². The first-order valence-electron chi connectivity index (χ1n) is 5.81. The highest BCUT2D eigenvalue weighted by molar-refractivity contribution is 4.93. The third-order valence-corrected chi connectivity index (χ3v) is 2.76. The van der Waals surface area contributed by atoms with Crippen LogP contribution in [0.4, 0.5) is 13.2 Å². The lowest BCUT2D eigenvalue weighted by Crippen LogP contribution is -2.39. The summed E-state index contributed by atoms with van der Waals surface area (Å²) in [6.45, 7) is 0.399. The van der Waals surface area contributed by atoms with Crippen molar-refractivity contribution in [2.75, 3.05) is 26.3 Å². The molecule has 0 aliphatic carbocycles. The number of piperidine rings is 1. The first kappa shape index (κ1) is 14.3. The topological polar surface area (TPSA) is 36.3 Å². The fraction of sp³-hybridized carbons (Fsp3) is 0.909. The van der Waals surface area contributed by atoms with E-state index >= 15 is 0 Å². The van der Waals surface area contributed by atoms with E-state index in [1.54, 1.807) is 0 Å². The minimum atomic E-state index is -4.25. The maximum Gasteiger partial charge on any atom is 0.411 e. The van der Waals surface area contributed by atoms with E-state index in [4.69, 9.17) is 5.26 Å². The summed E-state index contributed by atoms with van der Waals surface area (Å²) < 4.78 is 39.9. The largest absolute Gasteiger partial charge is 0.411 e. The zero-order valence-electron chi connectivity index (χ0n) is 9.67. The Hall–Kier alpha value is -0.800. The summed E-state index contributed by atoms with van der Waals surface area (Å²) >= 11 is 0. The molecule has 6 heteroatoms. The number of likely N-dealkylation sites (tertiary alicyclic amines) is 1. The molecule has 0 amide bonds. The SMILES string of the molecule is N#CC1CCCCN1CCCOCC(F)(F)F. The van der Waals surface area contributed by atoms with Gasteiger partial charge in [-0.2, -0.15) is 18.4 Å². The van der Waals surface area contributed by atoms with Crippen molar-refractivity contribution >= 4 is 0 Å². The number of hydrogen-bond acceptors (Lipinski definition) is 3. The molecule has 1 fully saturated rings. The Morgan fingerprint density at radius 2 is 2.12 bits per heavy atom. The first-order chi connectivity index (χ1) is 8.03. The van der Waals surface area contributed by atoms with Crippen LogP contribution < -0.4 is 0 Å². The van der Waals surface area contributed by atoms with Gasteiger partial charge in [0, 0.05) is 13.2 Å². The highest BCUT2D eigenvalue weighted by atomic mass is 19.4. The van der Waals surface area contributed by atoms with Gasteiger partial charge < -0.3 is 4.74 Å². The highest BCUT2D eigenvalue weighted by Crippen LogP contribution is 2.17. The molecule has 0 radical (unpaired) electrons. The molecule has 0 spiro atoms. The summed E-state index contributed by atoms with van der Waals surface area (Å²) in [6.07, 6.45) is -0.741. The van der Waals surface area contributed by atoms with Gasteiger partial charge in [-0.05, 0) is 32.2 Å². The standard InChI is InChI=1S/C11H17F3N2O/c12-11(13,14)9-17-7-3-6-16-5-2-1-4-10(16)8-15/h10H,1-7,9H2. The number of ether oxygens (including phenoxy) is 1. The van der Waals surface area contributed by atoms with E-state index < -0.39 is 12.8 Å². The molecular weight excluding hydrogens is 233 g/mol. The zero-order valence-corrected chi connectivity index (χ0v) is 9.67. The van der Waals surface area contributed by atoms with Crippen molar-refractivity contribution in [1.29, 1.82) is 5.26 Å². The Morgan fingerprint density at radius 1 is 1.35 bits per heavy atom. The Bertz CT molecular complexity index is 262. The predicted molar refractivity (Wildman–Crippen MR) is 56.3 cm³/mol. The highest BCUT2D eigenvalue weighted by Gasteiger charge is 2.27. The summed E-state index contributed by atoms with van der Waals surface area (Å²) in [5.74, 6) is 0. The number of halogens is 3. The van der Waals surface area contributed by atoms with Gasteiger partial charge in [0.05, 0.1) is 12.1 Å². The van der Waals surface area contributed by atoms with Gasteiger partial charge in [0.15, 0.2) is 0 Å². The molecule has 1 unspecified atom stereocenters. The van der Waals surface area contributed by atoms with Gasteiger partial charge in [-0.15, -0.1) is 0 Å². The van der Waals surface area contributed by atoms with E-state index in [2.05, 4.69) is 10.8 Å². The molecule has 1 heterocycles. The average molecular weight is 250 g/mol. The van der Waals surface area contributed by atoms with Crippen LogP contribution in [-0.4, -0.2) is 43.4 Å². The smallest absolute Gasteiger partial charge is 0.372 e. The molecule has 1 aliphatic heterocycles. The normalized spacial score (nSPS) is 22.4. The van der Waals surface area contributed by atoms with E-state index in [0.717, 1.165) is 25.8 Å². The van der Waals surface area contributed by atoms with Crippen LogP contribution in [-0.2, 0) is 4.74 Å². The Morgan fingerprint density at radius 3 is 2.76 bits per heavy atom. The van der Waals surface area contributed by atoms with Crippen LogP contribution in [0.3, 0.4) is 0 Å². The Kier molecular flexibility index (Phi) is 5.72. The summed E-state index contributed by atoms with van der Waals surface area (Å²) in [6, 6.07) is 2.15. The van der Waals surface area contributed by atoms with Gasteiger partial charge in [-0.1, -0.05) is 0 Å². The zero-order chi connectivity index (χ0) is 12.7. The summed E-state index contributed by atoms with van der Waals surface area (Å²) in [5.41, 5.74) is 0. The molecule has 0 aromatic rings. The molecule has 0 aromatic carbocycles. The minimum absolute atomic E-state index is 0.0774. The average Bonchev–Trinajstić information content (AvgIpc) is 2.27. The lowest BCUT2D eigenvalue weighted by atomic mass is 10.0. The van der Waals surface area contributed by atoms with Gasteiger partial charge in [0.1, 0.15) is 6.61 Å². The van der Waals surface area contributed by atoms with Crippen molar-refractivity contribution in [3.05, 3.63) is 0 Å². The van der Waals surface area contributed by atoms with Crippen LogP contribution in [0.2, 0.25) is 0 Å². The lowest BCUT2D eigenvalue weighted by Gasteiger charge is -2.31. The lowest BCUT2D eigenvalue weighted by molar-refractivity contribution is -0.174. The Labute approximate surface area is 99.1 Å². The number of hydrogen-bond donors (Lipinski definition) is 0. The second-order valence-corrected chi connectivity index (χ2v) is 4.20. The molecule has 0 bridgehead atoms.